The lowest BCUT2D eigenvalue weighted by molar-refractivity contribution is 0.0404. The van der Waals surface area contributed by atoms with E-state index < -0.39 is 34.5 Å². The first-order valence-electron chi connectivity index (χ1n) is 9.80. The standard InChI is InChI=1S/C21H23FN4O4/c1-24-20(30)16-18(28)17(27)14(12-26(16)25(2)21(24)9-5-6-10-21)19(29)23-11-13-7-3-4-8-15(13)22/h3-4,7-8,12,28H,5-6,9-11H2,1-2H3,(H,23,29). The second-order valence-electron chi connectivity index (χ2n) is 7.77. The fourth-order valence-corrected chi connectivity index (χ4v) is 4.46. The van der Waals surface area contributed by atoms with Gasteiger partial charge in [0.15, 0.2) is 11.4 Å². The summed E-state index contributed by atoms with van der Waals surface area (Å²) in [4.78, 5) is 39.9. The van der Waals surface area contributed by atoms with Crippen LogP contribution in [0.5, 0.6) is 5.75 Å². The average molecular weight is 414 g/mol. The van der Waals surface area contributed by atoms with E-state index in [-0.39, 0.29) is 23.4 Å². The quantitative estimate of drug-likeness (QED) is 0.795. The number of aromatic nitrogens is 1. The zero-order valence-corrected chi connectivity index (χ0v) is 16.8. The minimum Gasteiger partial charge on any atom is -0.502 e. The predicted octanol–water partition coefficient (Wildman–Crippen LogP) is 1.55. The minimum absolute atomic E-state index is 0.116. The van der Waals surface area contributed by atoms with Gasteiger partial charge in [-0.05, 0) is 31.7 Å². The molecular weight excluding hydrogens is 391 g/mol. The lowest BCUT2D eigenvalue weighted by Gasteiger charge is -2.51. The zero-order valence-electron chi connectivity index (χ0n) is 16.8. The fourth-order valence-electron chi connectivity index (χ4n) is 4.46. The highest BCUT2D eigenvalue weighted by molar-refractivity contribution is 5.99. The molecule has 1 aromatic heterocycles. The van der Waals surface area contributed by atoms with Gasteiger partial charge in [0.05, 0.1) is 0 Å². The Kier molecular flexibility index (Phi) is 4.76. The topological polar surface area (TPSA) is 94.9 Å². The van der Waals surface area contributed by atoms with Gasteiger partial charge in [0, 0.05) is 32.4 Å². The van der Waals surface area contributed by atoms with Crippen molar-refractivity contribution in [3.8, 4) is 5.75 Å². The maximum absolute atomic E-state index is 13.8. The molecule has 0 radical (unpaired) electrons. The summed E-state index contributed by atoms with van der Waals surface area (Å²) >= 11 is 0. The highest BCUT2D eigenvalue weighted by Crippen LogP contribution is 2.40. The normalized spacial score (nSPS) is 17.4. The summed E-state index contributed by atoms with van der Waals surface area (Å²) in [6.45, 7) is -0.116. The summed E-state index contributed by atoms with van der Waals surface area (Å²) < 4.78 is 15.2. The number of pyridine rings is 1. The zero-order chi connectivity index (χ0) is 21.6. The van der Waals surface area contributed by atoms with Gasteiger partial charge in [0.2, 0.25) is 5.43 Å². The van der Waals surface area contributed by atoms with E-state index in [1.54, 1.807) is 30.1 Å². The van der Waals surface area contributed by atoms with Crippen molar-refractivity contribution in [2.45, 2.75) is 37.9 Å². The van der Waals surface area contributed by atoms with Crippen LogP contribution in [0.15, 0.2) is 35.3 Å². The van der Waals surface area contributed by atoms with Crippen LogP contribution in [0.2, 0.25) is 0 Å². The van der Waals surface area contributed by atoms with Crippen molar-refractivity contribution in [3.63, 3.8) is 0 Å². The smallest absolute Gasteiger partial charge is 0.278 e. The molecule has 0 saturated heterocycles. The molecule has 30 heavy (non-hydrogen) atoms. The first kappa shape index (κ1) is 19.9. The van der Waals surface area contributed by atoms with E-state index in [1.807, 2.05) is 0 Å². The van der Waals surface area contributed by atoms with Gasteiger partial charge in [-0.25, -0.2) is 4.39 Å². The van der Waals surface area contributed by atoms with E-state index in [1.165, 1.54) is 29.1 Å². The molecule has 1 spiro atoms. The molecule has 8 nitrogen and oxygen atoms in total. The van der Waals surface area contributed by atoms with Crippen molar-refractivity contribution < 1.29 is 19.1 Å². The molecule has 1 fully saturated rings. The molecule has 4 rings (SSSR count). The highest BCUT2D eigenvalue weighted by Gasteiger charge is 2.49. The number of carbonyl (C=O) groups excluding carboxylic acids is 2. The summed E-state index contributed by atoms with van der Waals surface area (Å²) in [5.41, 5.74) is -1.73. The summed E-state index contributed by atoms with van der Waals surface area (Å²) in [5, 5.41) is 14.8. The van der Waals surface area contributed by atoms with Crippen LogP contribution < -0.4 is 15.8 Å². The molecule has 2 amide bonds. The van der Waals surface area contributed by atoms with Crippen LogP contribution >= 0.6 is 0 Å². The van der Waals surface area contributed by atoms with Crippen molar-refractivity contribution in [1.29, 1.82) is 0 Å². The number of hydrogen-bond donors (Lipinski definition) is 2. The molecule has 0 unspecified atom stereocenters. The Balaban J connectivity index is 1.72. The molecule has 2 N–H and O–H groups in total. The van der Waals surface area contributed by atoms with Crippen LogP contribution in [-0.4, -0.2) is 46.3 Å². The van der Waals surface area contributed by atoms with Crippen LogP contribution in [0.1, 0.15) is 52.1 Å². The number of aromatic hydroxyl groups is 1. The minimum atomic E-state index is -0.940. The monoisotopic (exact) mass is 414 g/mol. The van der Waals surface area contributed by atoms with E-state index in [2.05, 4.69) is 5.32 Å². The van der Waals surface area contributed by atoms with E-state index in [0.717, 1.165) is 25.7 Å². The summed E-state index contributed by atoms with van der Waals surface area (Å²) in [5.74, 6) is -2.47. The molecule has 0 bridgehead atoms. The summed E-state index contributed by atoms with van der Waals surface area (Å²) in [6, 6.07) is 5.98. The van der Waals surface area contributed by atoms with Gasteiger partial charge in [-0.15, -0.1) is 0 Å². The molecule has 158 valence electrons. The Labute approximate surface area is 172 Å². The Bertz CT molecular complexity index is 1090. The number of nitrogens with one attached hydrogen (secondary N) is 1. The van der Waals surface area contributed by atoms with E-state index in [0.29, 0.717) is 0 Å². The number of hydrogen-bond acceptors (Lipinski definition) is 5. The predicted molar refractivity (Wildman–Crippen MR) is 107 cm³/mol. The van der Waals surface area contributed by atoms with E-state index in [9.17, 15) is 23.9 Å². The van der Waals surface area contributed by atoms with E-state index in [4.69, 9.17) is 0 Å². The third-order valence-electron chi connectivity index (χ3n) is 6.27. The molecule has 1 aliphatic heterocycles. The van der Waals surface area contributed by atoms with Crippen molar-refractivity contribution in [3.05, 3.63) is 63.3 Å². The second-order valence-corrected chi connectivity index (χ2v) is 7.77. The maximum atomic E-state index is 13.8. The SMILES string of the molecule is CN1C(=O)c2c(O)c(=O)c(C(=O)NCc3ccccc3F)cn2N(C)C12CCCC2. The summed E-state index contributed by atoms with van der Waals surface area (Å²) in [6.07, 6.45) is 4.65. The average Bonchev–Trinajstić information content (AvgIpc) is 3.23. The Morgan fingerprint density at radius 1 is 1.20 bits per heavy atom. The van der Waals surface area contributed by atoms with Crippen molar-refractivity contribution in [1.82, 2.24) is 14.9 Å². The molecule has 2 aliphatic rings. The van der Waals surface area contributed by atoms with Gasteiger partial charge in [-0.1, -0.05) is 18.2 Å². The molecule has 2 heterocycles. The number of amides is 2. The van der Waals surface area contributed by atoms with Gasteiger partial charge >= 0.3 is 0 Å². The van der Waals surface area contributed by atoms with Crippen LogP contribution in [0, 0.1) is 5.82 Å². The first-order chi connectivity index (χ1) is 14.3. The molecule has 0 atom stereocenters. The van der Waals surface area contributed by atoms with Crippen LogP contribution in [0.3, 0.4) is 0 Å². The molecule has 1 aliphatic carbocycles. The fraction of sp³-hybridized carbons (Fsp3) is 0.381. The van der Waals surface area contributed by atoms with E-state index >= 15 is 0 Å². The van der Waals surface area contributed by atoms with Gasteiger partial charge < -0.3 is 15.3 Å². The third-order valence-corrected chi connectivity index (χ3v) is 6.27. The summed E-state index contributed by atoms with van der Waals surface area (Å²) in [7, 11) is 3.43. The molecular formula is C21H23FN4O4. The molecule has 9 heteroatoms. The van der Waals surface area contributed by atoms with Gasteiger partial charge in [0.25, 0.3) is 11.8 Å². The van der Waals surface area contributed by atoms with Crippen LogP contribution in [0.4, 0.5) is 4.39 Å². The van der Waals surface area contributed by atoms with Crippen LogP contribution in [0.25, 0.3) is 0 Å². The maximum Gasteiger partial charge on any atom is 0.278 e. The highest BCUT2D eigenvalue weighted by atomic mass is 19.1. The first-order valence-corrected chi connectivity index (χ1v) is 9.80. The van der Waals surface area contributed by atoms with Gasteiger partial charge in [-0.2, -0.15) is 0 Å². The number of halogens is 1. The number of carbonyl (C=O) groups is 2. The van der Waals surface area contributed by atoms with Crippen molar-refractivity contribution >= 4 is 11.8 Å². The second kappa shape index (κ2) is 7.16. The van der Waals surface area contributed by atoms with Crippen LogP contribution in [-0.2, 0) is 6.54 Å². The Morgan fingerprint density at radius 3 is 2.53 bits per heavy atom. The molecule has 1 aromatic carbocycles. The molecule has 1 saturated carbocycles. The largest absolute Gasteiger partial charge is 0.502 e. The Morgan fingerprint density at radius 2 is 1.87 bits per heavy atom. The third kappa shape index (κ3) is 2.84. The van der Waals surface area contributed by atoms with Gasteiger partial charge in [0.1, 0.15) is 17.0 Å². The number of fused-ring (bicyclic) bond motifs is 1. The number of benzene rings is 1. The van der Waals surface area contributed by atoms with Gasteiger partial charge in [-0.3, -0.25) is 24.1 Å². The van der Waals surface area contributed by atoms with Crippen molar-refractivity contribution in [2.75, 3.05) is 19.1 Å². The number of rotatable bonds is 3. The lowest BCUT2D eigenvalue weighted by Crippen LogP contribution is -2.67. The molecule has 2 aromatic rings. The number of nitrogens with zero attached hydrogens (tertiary/aromatic N) is 3. The lowest BCUT2D eigenvalue weighted by atomic mass is 10.0. The van der Waals surface area contributed by atoms with Crippen molar-refractivity contribution in [2.24, 2.45) is 0 Å². The Hall–Kier alpha value is -3.36.